The van der Waals surface area contributed by atoms with Crippen molar-refractivity contribution in [2.24, 2.45) is 5.73 Å². The van der Waals surface area contributed by atoms with Crippen molar-refractivity contribution in [1.82, 2.24) is 9.97 Å². The molecule has 94 valence electrons. The van der Waals surface area contributed by atoms with E-state index in [9.17, 15) is 0 Å². The van der Waals surface area contributed by atoms with E-state index in [0.29, 0.717) is 6.54 Å². The summed E-state index contributed by atoms with van der Waals surface area (Å²) in [6.07, 6.45) is 5.30. The van der Waals surface area contributed by atoms with E-state index in [4.69, 9.17) is 10.7 Å². The van der Waals surface area contributed by atoms with Crippen LogP contribution < -0.4 is 5.73 Å². The van der Waals surface area contributed by atoms with Gasteiger partial charge in [0, 0.05) is 18.2 Å². The van der Waals surface area contributed by atoms with E-state index in [1.807, 2.05) is 18.3 Å². The summed E-state index contributed by atoms with van der Waals surface area (Å²) in [6, 6.07) is 6.09. The van der Waals surface area contributed by atoms with Gasteiger partial charge in [0.05, 0.1) is 14.4 Å². The predicted octanol–water partition coefficient (Wildman–Crippen LogP) is 3.35. The normalized spacial score (nSPS) is 17.4. The molecular weight excluding hydrogens is 310 g/mol. The summed E-state index contributed by atoms with van der Waals surface area (Å²) in [6.45, 7) is 0.643. The minimum Gasteiger partial charge on any atom is -0.329 e. The maximum atomic E-state index is 5.91. The Morgan fingerprint density at radius 1 is 1.33 bits per heavy atom. The highest BCUT2D eigenvalue weighted by atomic mass is 79.9. The Balaban J connectivity index is 1.99. The molecule has 0 aromatic carbocycles. The Bertz CT molecular complexity index is 557. The first-order chi connectivity index (χ1) is 8.73. The van der Waals surface area contributed by atoms with Crippen molar-refractivity contribution in [3.63, 3.8) is 0 Å². The van der Waals surface area contributed by atoms with Crippen LogP contribution in [0.15, 0.2) is 28.2 Å². The molecule has 0 saturated heterocycles. The Morgan fingerprint density at radius 3 is 2.72 bits per heavy atom. The zero-order valence-corrected chi connectivity index (χ0v) is 12.3. The highest BCUT2D eigenvalue weighted by molar-refractivity contribution is 9.11. The fourth-order valence-corrected chi connectivity index (χ4v) is 3.68. The first kappa shape index (κ1) is 12.3. The Kier molecular flexibility index (Phi) is 3.21. The van der Waals surface area contributed by atoms with E-state index < -0.39 is 0 Å². The molecule has 0 atom stereocenters. The molecule has 0 spiro atoms. The number of hydrogen-bond acceptors (Lipinski definition) is 4. The lowest BCUT2D eigenvalue weighted by Crippen LogP contribution is -2.43. The van der Waals surface area contributed by atoms with Gasteiger partial charge in [-0.05, 0) is 47.0 Å². The summed E-state index contributed by atoms with van der Waals surface area (Å²) in [5.74, 6) is 0.915. The lowest BCUT2D eigenvalue weighted by atomic mass is 9.68. The van der Waals surface area contributed by atoms with Crippen LogP contribution in [-0.4, -0.2) is 16.5 Å². The SMILES string of the molecule is NCC1(c2nccc(-c3ccc(Br)s3)n2)CCC1. The molecule has 2 aromatic rings. The molecule has 1 fully saturated rings. The maximum Gasteiger partial charge on any atom is 0.136 e. The van der Waals surface area contributed by atoms with E-state index >= 15 is 0 Å². The van der Waals surface area contributed by atoms with Crippen LogP contribution in [0.25, 0.3) is 10.6 Å². The Labute approximate surface area is 119 Å². The van der Waals surface area contributed by atoms with Crippen LogP contribution in [-0.2, 0) is 5.41 Å². The van der Waals surface area contributed by atoms with Crippen molar-refractivity contribution >= 4 is 27.3 Å². The van der Waals surface area contributed by atoms with Crippen molar-refractivity contribution < 1.29 is 0 Å². The third-order valence-corrected chi connectivity index (χ3v) is 5.30. The van der Waals surface area contributed by atoms with Crippen LogP contribution in [0.4, 0.5) is 0 Å². The number of nitrogens with zero attached hydrogens (tertiary/aromatic N) is 2. The van der Waals surface area contributed by atoms with Crippen molar-refractivity contribution in [2.75, 3.05) is 6.54 Å². The number of nitrogens with two attached hydrogens (primary N) is 1. The van der Waals surface area contributed by atoms with Gasteiger partial charge in [0.15, 0.2) is 0 Å². The topological polar surface area (TPSA) is 51.8 Å². The molecule has 3 rings (SSSR count). The van der Waals surface area contributed by atoms with E-state index in [0.717, 1.165) is 33.0 Å². The van der Waals surface area contributed by atoms with Gasteiger partial charge in [0.2, 0.25) is 0 Å². The van der Waals surface area contributed by atoms with Crippen LogP contribution >= 0.6 is 27.3 Å². The van der Waals surface area contributed by atoms with E-state index in [2.05, 4.69) is 27.0 Å². The summed E-state index contributed by atoms with van der Waals surface area (Å²) in [7, 11) is 0. The van der Waals surface area contributed by atoms with Gasteiger partial charge in [-0.2, -0.15) is 0 Å². The van der Waals surface area contributed by atoms with Gasteiger partial charge < -0.3 is 5.73 Å². The first-order valence-corrected chi connectivity index (χ1v) is 7.64. The molecule has 0 radical (unpaired) electrons. The third kappa shape index (κ3) is 2.00. The summed E-state index contributed by atoms with van der Waals surface area (Å²) < 4.78 is 1.12. The van der Waals surface area contributed by atoms with Crippen LogP contribution in [0.2, 0.25) is 0 Å². The molecule has 1 aliphatic carbocycles. The second-order valence-corrected chi connectivity index (χ2v) is 7.17. The molecule has 1 saturated carbocycles. The molecule has 18 heavy (non-hydrogen) atoms. The lowest BCUT2D eigenvalue weighted by molar-refractivity contribution is 0.238. The van der Waals surface area contributed by atoms with Gasteiger partial charge in [0.25, 0.3) is 0 Å². The second kappa shape index (κ2) is 4.72. The summed E-state index contributed by atoms with van der Waals surface area (Å²) >= 11 is 5.17. The molecule has 2 N–H and O–H groups in total. The average molecular weight is 324 g/mol. The van der Waals surface area contributed by atoms with Crippen LogP contribution in [0.3, 0.4) is 0 Å². The summed E-state index contributed by atoms with van der Waals surface area (Å²) in [5, 5.41) is 0. The molecule has 0 amide bonds. The average Bonchev–Trinajstić information content (AvgIpc) is 2.76. The third-order valence-electron chi connectivity index (χ3n) is 3.66. The minimum atomic E-state index is 0.0322. The molecule has 2 heterocycles. The van der Waals surface area contributed by atoms with Gasteiger partial charge in [-0.15, -0.1) is 11.3 Å². The van der Waals surface area contributed by atoms with Crippen molar-refractivity contribution in [3.05, 3.63) is 34.0 Å². The van der Waals surface area contributed by atoms with E-state index in [1.165, 1.54) is 6.42 Å². The molecule has 1 aliphatic rings. The van der Waals surface area contributed by atoms with Crippen molar-refractivity contribution in [3.8, 4) is 10.6 Å². The van der Waals surface area contributed by atoms with E-state index in [1.54, 1.807) is 11.3 Å². The summed E-state index contributed by atoms with van der Waals surface area (Å²) in [5.41, 5.74) is 6.94. The smallest absolute Gasteiger partial charge is 0.136 e. The molecule has 3 nitrogen and oxygen atoms in total. The first-order valence-electron chi connectivity index (χ1n) is 6.03. The highest BCUT2D eigenvalue weighted by Gasteiger charge is 2.40. The highest BCUT2D eigenvalue weighted by Crippen LogP contribution is 2.41. The standard InChI is InChI=1S/C13H14BrN3S/c14-11-3-2-10(18-11)9-4-7-16-12(17-9)13(8-15)5-1-6-13/h2-4,7H,1,5-6,8,15H2. The fourth-order valence-electron chi connectivity index (χ4n) is 2.33. The monoisotopic (exact) mass is 323 g/mol. The fraction of sp³-hybridized carbons (Fsp3) is 0.385. The Hall–Kier alpha value is -0.780. The van der Waals surface area contributed by atoms with Gasteiger partial charge in [-0.1, -0.05) is 6.42 Å². The molecule has 2 aromatic heterocycles. The quantitative estimate of drug-likeness (QED) is 0.942. The van der Waals surface area contributed by atoms with Gasteiger partial charge in [-0.3, -0.25) is 0 Å². The largest absolute Gasteiger partial charge is 0.329 e. The lowest BCUT2D eigenvalue weighted by Gasteiger charge is -2.39. The van der Waals surface area contributed by atoms with Gasteiger partial charge in [-0.25, -0.2) is 9.97 Å². The van der Waals surface area contributed by atoms with E-state index in [-0.39, 0.29) is 5.41 Å². The number of halogens is 1. The second-order valence-electron chi connectivity index (χ2n) is 4.71. The number of aromatic nitrogens is 2. The number of thiophene rings is 1. The van der Waals surface area contributed by atoms with Crippen LogP contribution in [0.1, 0.15) is 25.1 Å². The zero-order chi connectivity index (χ0) is 12.6. The summed E-state index contributed by atoms with van der Waals surface area (Å²) in [4.78, 5) is 10.3. The Morgan fingerprint density at radius 2 is 2.17 bits per heavy atom. The molecule has 5 heteroatoms. The van der Waals surface area contributed by atoms with Gasteiger partial charge >= 0.3 is 0 Å². The predicted molar refractivity (Wildman–Crippen MR) is 77.6 cm³/mol. The van der Waals surface area contributed by atoms with Gasteiger partial charge in [0.1, 0.15) is 5.82 Å². The molecular formula is C13H14BrN3S. The van der Waals surface area contributed by atoms with Crippen LogP contribution in [0.5, 0.6) is 0 Å². The number of rotatable bonds is 3. The van der Waals surface area contributed by atoms with Crippen molar-refractivity contribution in [1.29, 1.82) is 0 Å². The molecule has 0 unspecified atom stereocenters. The number of hydrogen-bond donors (Lipinski definition) is 1. The minimum absolute atomic E-state index is 0.0322. The zero-order valence-electron chi connectivity index (χ0n) is 9.90. The van der Waals surface area contributed by atoms with Crippen LogP contribution in [0, 0.1) is 0 Å². The molecule has 0 bridgehead atoms. The van der Waals surface area contributed by atoms with Crippen molar-refractivity contribution in [2.45, 2.75) is 24.7 Å². The molecule has 0 aliphatic heterocycles. The maximum absolute atomic E-state index is 5.91.